The van der Waals surface area contributed by atoms with Crippen molar-refractivity contribution >= 4 is 16.7 Å². The molecular weight excluding hydrogens is 273 g/mol. The molecule has 2 unspecified atom stereocenters. The van der Waals surface area contributed by atoms with Gasteiger partial charge in [0, 0.05) is 18.5 Å². The summed E-state index contributed by atoms with van der Waals surface area (Å²) in [6, 6.07) is 3.80. The molecule has 0 spiro atoms. The standard InChI is InChI=1S/C15H16FN3O2/c1-20-12-3-2-9-14(13(12)16)17-8-18-15(9)19-6-4-11-10(19)5-7-21-11/h2-3,8,10-11H,4-7H2,1H3. The number of methoxy groups -OCH3 is 1. The molecule has 21 heavy (non-hydrogen) atoms. The second-order valence-electron chi connectivity index (χ2n) is 5.42. The molecule has 2 aliphatic rings. The molecule has 0 bridgehead atoms. The zero-order valence-corrected chi connectivity index (χ0v) is 11.8. The Morgan fingerprint density at radius 1 is 1.33 bits per heavy atom. The van der Waals surface area contributed by atoms with Gasteiger partial charge in [-0.15, -0.1) is 0 Å². The van der Waals surface area contributed by atoms with Crippen molar-refractivity contribution < 1.29 is 13.9 Å². The van der Waals surface area contributed by atoms with E-state index < -0.39 is 5.82 Å². The first-order chi connectivity index (χ1) is 10.3. The number of rotatable bonds is 2. The summed E-state index contributed by atoms with van der Waals surface area (Å²) in [7, 11) is 1.45. The molecule has 2 atom stereocenters. The van der Waals surface area contributed by atoms with E-state index >= 15 is 0 Å². The molecule has 2 aromatic rings. The molecule has 1 aromatic heterocycles. The third-order valence-electron chi connectivity index (χ3n) is 4.41. The van der Waals surface area contributed by atoms with Crippen LogP contribution in [-0.2, 0) is 4.74 Å². The number of fused-ring (bicyclic) bond motifs is 2. The lowest BCUT2D eigenvalue weighted by molar-refractivity contribution is 0.113. The highest BCUT2D eigenvalue weighted by Crippen LogP contribution is 2.36. The van der Waals surface area contributed by atoms with Crippen molar-refractivity contribution in [3.8, 4) is 5.75 Å². The summed E-state index contributed by atoms with van der Waals surface area (Å²) in [5.41, 5.74) is 0.307. The number of hydrogen-bond acceptors (Lipinski definition) is 5. The Labute approximate surface area is 121 Å². The van der Waals surface area contributed by atoms with Crippen LogP contribution in [0, 0.1) is 5.82 Å². The van der Waals surface area contributed by atoms with Crippen LogP contribution in [-0.4, -0.2) is 42.4 Å². The summed E-state index contributed by atoms with van der Waals surface area (Å²) < 4.78 is 25.1. The van der Waals surface area contributed by atoms with Gasteiger partial charge in [-0.2, -0.15) is 0 Å². The molecule has 1 aromatic carbocycles. The van der Waals surface area contributed by atoms with Crippen molar-refractivity contribution in [1.82, 2.24) is 9.97 Å². The Bertz CT molecular complexity index is 694. The lowest BCUT2D eigenvalue weighted by atomic mass is 10.1. The van der Waals surface area contributed by atoms with Crippen molar-refractivity contribution in [2.45, 2.75) is 25.0 Å². The second-order valence-corrected chi connectivity index (χ2v) is 5.42. The molecule has 110 valence electrons. The number of benzene rings is 1. The van der Waals surface area contributed by atoms with E-state index in [0.29, 0.717) is 11.6 Å². The molecule has 4 rings (SSSR count). The van der Waals surface area contributed by atoms with Crippen molar-refractivity contribution in [3.63, 3.8) is 0 Å². The Morgan fingerprint density at radius 3 is 3.10 bits per heavy atom. The average molecular weight is 289 g/mol. The van der Waals surface area contributed by atoms with Crippen molar-refractivity contribution in [1.29, 1.82) is 0 Å². The van der Waals surface area contributed by atoms with Crippen LogP contribution in [0.25, 0.3) is 10.9 Å². The Hall–Kier alpha value is -1.95. The van der Waals surface area contributed by atoms with Crippen LogP contribution in [0.3, 0.4) is 0 Å². The van der Waals surface area contributed by atoms with Gasteiger partial charge < -0.3 is 14.4 Å². The van der Waals surface area contributed by atoms with Gasteiger partial charge in [-0.25, -0.2) is 14.4 Å². The van der Waals surface area contributed by atoms with Gasteiger partial charge in [0.25, 0.3) is 0 Å². The number of aromatic nitrogens is 2. The van der Waals surface area contributed by atoms with E-state index in [2.05, 4.69) is 14.9 Å². The second kappa shape index (κ2) is 4.80. The first-order valence-corrected chi connectivity index (χ1v) is 7.15. The van der Waals surface area contributed by atoms with Gasteiger partial charge in [0.15, 0.2) is 11.6 Å². The number of anilines is 1. The largest absolute Gasteiger partial charge is 0.494 e. The van der Waals surface area contributed by atoms with Gasteiger partial charge in [0.2, 0.25) is 0 Å². The van der Waals surface area contributed by atoms with Gasteiger partial charge >= 0.3 is 0 Å². The molecule has 2 saturated heterocycles. The lowest BCUT2D eigenvalue weighted by Gasteiger charge is -2.25. The van der Waals surface area contributed by atoms with Crippen molar-refractivity contribution in [3.05, 3.63) is 24.3 Å². The summed E-state index contributed by atoms with van der Waals surface area (Å²) >= 11 is 0. The molecule has 6 heteroatoms. The SMILES string of the molecule is COc1ccc2c(N3CCC4OCCC43)ncnc2c1F. The van der Waals surface area contributed by atoms with E-state index in [1.54, 1.807) is 6.07 Å². The zero-order chi connectivity index (χ0) is 14.4. The van der Waals surface area contributed by atoms with Crippen LogP contribution in [0.5, 0.6) is 5.75 Å². The Balaban J connectivity index is 1.84. The summed E-state index contributed by atoms with van der Waals surface area (Å²) in [6.45, 7) is 1.67. The molecule has 5 nitrogen and oxygen atoms in total. The van der Waals surface area contributed by atoms with Crippen LogP contribution in [0.15, 0.2) is 18.5 Å². The fraction of sp³-hybridized carbons (Fsp3) is 0.467. The van der Waals surface area contributed by atoms with Crippen molar-refractivity contribution in [2.75, 3.05) is 25.2 Å². The van der Waals surface area contributed by atoms with E-state index in [1.165, 1.54) is 13.4 Å². The number of ether oxygens (including phenoxy) is 2. The van der Waals surface area contributed by atoms with Crippen LogP contribution < -0.4 is 9.64 Å². The van der Waals surface area contributed by atoms with Gasteiger partial charge in [-0.05, 0) is 25.0 Å². The predicted molar refractivity (Wildman–Crippen MR) is 76.2 cm³/mol. The molecule has 0 aliphatic carbocycles. The van der Waals surface area contributed by atoms with Gasteiger partial charge in [-0.3, -0.25) is 0 Å². The normalized spacial score (nSPS) is 24.6. The third-order valence-corrected chi connectivity index (χ3v) is 4.41. The lowest BCUT2D eigenvalue weighted by Crippen LogP contribution is -2.32. The van der Waals surface area contributed by atoms with Crippen LogP contribution in [0.2, 0.25) is 0 Å². The summed E-state index contributed by atoms with van der Waals surface area (Å²) in [5, 5.41) is 0.725. The molecule has 0 N–H and O–H groups in total. The van der Waals surface area contributed by atoms with Gasteiger partial charge in [-0.1, -0.05) is 0 Å². The molecular formula is C15H16FN3O2. The minimum atomic E-state index is -0.433. The average Bonchev–Trinajstić information content (AvgIpc) is 3.10. The molecule has 0 radical (unpaired) electrons. The molecule has 2 fully saturated rings. The van der Waals surface area contributed by atoms with Crippen molar-refractivity contribution in [2.24, 2.45) is 0 Å². The zero-order valence-electron chi connectivity index (χ0n) is 11.8. The highest BCUT2D eigenvalue weighted by atomic mass is 19.1. The highest BCUT2D eigenvalue weighted by molar-refractivity contribution is 5.91. The molecule has 2 aliphatic heterocycles. The first-order valence-electron chi connectivity index (χ1n) is 7.15. The molecule has 3 heterocycles. The minimum absolute atomic E-state index is 0.204. The first kappa shape index (κ1) is 12.8. The Kier molecular flexibility index (Phi) is 2.92. The van der Waals surface area contributed by atoms with Crippen LogP contribution >= 0.6 is 0 Å². The van der Waals surface area contributed by atoms with E-state index in [4.69, 9.17) is 9.47 Å². The molecule has 0 saturated carbocycles. The van der Waals surface area contributed by atoms with E-state index in [1.807, 2.05) is 6.07 Å². The smallest absolute Gasteiger partial charge is 0.191 e. The molecule has 0 amide bonds. The summed E-state index contributed by atoms with van der Waals surface area (Å²) in [4.78, 5) is 10.7. The monoisotopic (exact) mass is 289 g/mol. The number of halogens is 1. The number of nitrogens with zero attached hydrogens (tertiary/aromatic N) is 3. The van der Waals surface area contributed by atoms with E-state index in [-0.39, 0.29) is 11.9 Å². The summed E-state index contributed by atoms with van der Waals surface area (Å²) in [5.74, 6) is 0.562. The Morgan fingerprint density at radius 2 is 2.24 bits per heavy atom. The van der Waals surface area contributed by atoms with E-state index in [0.717, 1.165) is 37.2 Å². The quantitative estimate of drug-likeness (QED) is 0.847. The third kappa shape index (κ3) is 1.86. The van der Waals surface area contributed by atoms with Crippen LogP contribution in [0.1, 0.15) is 12.8 Å². The predicted octanol–water partition coefficient (Wildman–Crippen LogP) is 2.15. The maximum atomic E-state index is 14.3. The summed E-state index contributed by atoms with van der Waals surface area (Å²) in [6.07, 6.45) is 3.69. The van der Waals surface area contributed by atoms with Crippen LogP contribution in [0.4, 0.5) is 10.2 Å². The van der Waals surface area contributed by atoms with Gasteiger partial charge in [0.1, 0.15) is 17.7 Å². The maximum Gasteiger partial charge on any atom is 0.191 e. The highest BCUT2D eigenvalue weighted by Gasteiger charge is 2.39. The minimum Gasteiger partial charge on any atom is -0.494 e. The topological polar surface area (TPSA) is 47.5 Å². The fourth-order valence-electron chi connectivity index (χ4n) is 3.41. The fourth-order valence-corrected chi connectivity index (χ4v) is 3.41. The maximum absolute atomic E-state index is 14.3. The van der Waals surface area contributed by atoms with E-state index in [9.17, 15) is 4.39 Å². The van der Waals surface area contributed by atoms with Gasteiger partial charge in [0.05, 0.1) is 19.3 Å². The number of hydrogen-bond donors (Lipinski definition) is 0.